The van der Waals surface area contributed by atoms with Crippen molar-refractivity contribution in [1.82, 2.24) is 10.2 Å². The molecule has 0 spiro atoms. The Morgan fingerprint density at radius 2 is 1.94 bits per heavy atom. The topological polar surface area (TPSA) is 79.9 Å². The van der Waals surface area contributed by atoms with Crippen LogP contribution in [-0.2, 0) is 13.0 Å². The molecule has 0 saturated carbocycles. The van der Waals surface area contributed by atoms with E-state index in [0.29, 0.717) is 12.4 Å². The fourth-order valence-electron chi connectivity index (χ4n) is 4.41. The molecule has 0 radical (unpaired) electrons. The van der Waals surface area contributed by atoms with E-state index < -0.39 is 18.0 Å². The van der Waals surface area contributed by atoms with Crippen LogP contribution >= 0.6 is 11.3 Å². The van der Waals surface area contributed by atoms with Crippen molar-refractivity contribution < 1.29 is 23.5 Å². The molecule has 1 atom stereocenters. The van der Waals surface area contributed by atoms with Crippen LogP contribution in [0.25, 0.3) is 0 Å². The number of nitrogens with zero attached hydrogens (tertiary/aromatic N) is 1. The number of benzene rings is 2. The SMILES string of the molecule is CCOc1cc([C@H]2NC(=O)c3c(sc4c3CCN(CC)C4)N2)ccc1OC(=O)c1ccc(F)cc1. The molecule has 2 aromatic carbocycles. The smallest absolute Gasteiger partial charge is 0.343 e. The molecule has 2 aliphatic heterocycles. The summed E-state index contributed by atoms with van der Waals surface area (Å²) >= 11 is 1.64. The van der Waals surface area contributed by atoms with Crippen molar-refractivity contribution in [2.45, 2.75) is 33.0 Å². The van der Waals surface area contributed by atoms with Gasteiger partial charge in [0.15, 0.2) is 11.5 Å². The van der Waals surface area contributed by atoms with E-state index >= 15 is 0 Å². The Hall–Kier alpha value is -3.43. The monoisotopic (exact) mass is 495 g/mol. The van der Waals surface area contributed by atoms with Gasteiger partial charge in [-0.2, -0.15) is 0 Å². The number of nitrogens with one attached hydrogen (secondary N) is 2. The molecule has 0 saturated heterocycles. The number of halogens is 1. The van der Waals surface area contributed by atoms with Gasteiger partial charge in [0, 0.05) is 18.0 Å². The summed E-state index contributed by atoms with van der Waals surface area (Å²) in [7, 11) is 0. The van der Waals surface area contributed by atoms with E-state index in [1.54, 1.807) is 29.5 Å². The first kappa shape index (κ1) is 23.3. The Bertz CT molecular complexity index is 1270. The maximum atomic E-state index is 13.2. The van der Waals surface area contributed by atoms with Crippen LogP contribution in [-0.4, -0.2) is 36.5 Å². The third-order valence-electron chi connectivity index (χ3n) is 6.24. The molecular weight excluding hydrogens is 469 g/mol. The molecular formula is C26H26FN3O4S. The molecule has 0 unspecified atom stereocenters. The summed E-state index contributed by atoms with van der Waals surface area (Å²) in [5.74, 6) is -0.501. The molecule has 182 valence electrons. The lowest BCUT2D eigenvalue weighted by Gasteiger charge is -2.28. The van der Waals surface area contributed by atoms with Crippen molar-refractivity contribution in [3.8, 4) is 11.5 Å². The van der Waals surface area contributed by atoms with Crippen LogP contribution in [0.4, 0.5) is 9.39 Å². The number of hydrogen-bond donors (Lipinski definition) is 2. The minimum absolute atomic E-state index is 0.0871. The molecule has 7 nitrogen and oxygen atoms in total. The van der Waals surface area contributed by atoms with E-state index in [0.717, 1.165) is 47.7 Å². The van der Waals surface area contributed by atoms with Crippen LogP contribution in [0.5, 0.6) is 11.5 Å². The Morgan fingerprint density at radius 3 is 2.69 bits per heavy atom. The third kappa shape index (κ3) is 4.61. The van der Waals surface area contributed by atoms with Gasteiger partial charge in [0.2, 0.25) is 0 Å². The van der Waals surface area contributed by atoms with Gasteiger partial charge in [-0.1, -0.05) is 13.0 Å². The molecule has 1 amide bonds. The molecule has 3 heterocycles. The second-order valence-electron chi connectivity index (χ2n) is 8.41. The lowest BCUT2D eigenvalue weighted by molar-refractivity contribution is 0.0728. The number of carbonyl (C=O) groups excluding carboxylic acids is 2. The molecule has 2 N–H and O–H groups in total. The summed E-state index contributed by atoms with van der Waals surface area (Å²) in [6.07, 6.45) is 0.427. The van der Waals surface area contributed by atoms with E-state index in [4.69, 9.17) is 9.47 Å². The number of likely N-dealkylation sites (N-methyl/N-ethyl adjacent to an activating group) is 1. The number of rotatable bonds is 6. The predicted molar refractivity (Wildman–Crippen MR) is 132 cm³/mol. The van der Waals surface area contributed by atoms with Gasteiger partial charge in [0.25, 0.3) is 5.91 Å². The second-order valence-corrected chi connectivity index (χ2v) is 9.52. The zero-order chi connectivity index (χ0) is 24.5. The van der Waals surface area contributed by atoms with Crippen molar-refractivity contribution >= 4 is 28.2 Å². The Kier molecular flexibility index (Phi) is 6.44. The van der Waals surface area contributed by atoms with E-state index in [2.05, 4.69) is 22.5 Å². The summed E-state index contributed by atoms with van der Waals surface area (Å²) in [4.78, 5) is 29.2. The highest BCUT2D eigenvalue weighted by atomic mass is 32.1. The molecule has 35 heavy (non-hydrogen) atoms. The van der Waals surface area contributed by atoms with Gasteiger partial charge in [-0.3, -0.25) is 9.69 Å². The highest BCUT2D eigenvalue weighted by Crippen LogP contribution is 2.41. The quantitative estimate of drug-likeness (QED) is 0.380. The summed E-state index contributed by atoms with van der Waals surface area (Å²) in [6, 6.07) is 10.3. The lowest BCUT2D eigenvalue weighted by atomic mass is 10.0. The standard InChI is InChI=1S/C26H26FN3O4S/c1-3-30-12-11-18-21(14-30)35-25-22(18)24(31)28-23(29-25)16-7-10-19(20(13-16)33-4-2)34-26(32)15-5-8-17(27)9-6-15/h5-10,13,23,29H,3-4,11-12,14H2,1-2H3,(H,28,31)/t23-/m0/s1. The molecule has 5 rings (SSSR count). The highest BCUT2D eigenvalue weighted by Gasteiger charge is 2.33. The van der Waals surface area contributed by atoms with Gasteiger partial charge in [0.1, 0.15) is 17.0 Å². The Labute approximate surface area is 206 Å². The zero-order valence-electron chi connectivity index (χ0n) is 19.5. The molecule has 0 fully saturated rings. The lowest BCUT2D eigenvalue weighted by Crippen LogP contribution is -2.38. The van der Waals surface area contributed by atoms with Crippen molar-refractivity contribution in [1.29, 1.82) is 0 Å². The van der Waals surface area contributed by atoms with Crippen LogP contribution in [0.3, 0.4) is 0 Å². The first-order valence-electron chi connectivity index (χ1n) is 11.7. The molecule has 2 aliphatic rings. The maximum Gasteiger partial charge on any atom is 0.343 e. The van der Waals surface area contributed by atoms with E-state index in [1.165, 1.54) is 29.1 Å². The van der Waals surface area contributed by atoms with Crippen LogP contribution in [0.1, 0.15) is 56.7 Å². The first-order chi connectivity index (χ1) is 17.0. The van der Waals surface area contributed by atoms with Crippen molar-refractivity contribution in [3.05, 3.63) is 75.4 Å². The van der Waals surface area contributed by atoms with Crippen LogP contribution in [0.2, 0.25) is 0 Å². The normalized spacial score (nSPS) is 17.1. The second kappa shape index (κ2) is 9.67. The van der Waals surface area contributed by atoms with E-state index in [-0.39, 0.29) is 17.2 Å². The number of fused-ring (bicyclic) bond motifs is 3. The maximum absolute atomic E-state index is 13.2. The van der Waals surface area contributed by atoms with Crippen molar-refractivity contribution in [2.75, 3.05) is 25.0 Å². The molecule has 9 heteroatoms. The molecule has 1 aromatic heterocycles. The Morgan fingerprint density at radius 1 is 1.14 bits per heavy atom. The minimum atomic E-state index is -0.613. The average molecular weight is 496 g/mol. The van der Waals surface area contributed by atoms with Gasteiger partial charge in [-0.15, -0.1) is 11.3 Å². The molecule has 3 aromatic rings. The van der Waals surface area contributed by atoms with Crippen LogP contribution in [0.15, 0.2) is 42.5 Å². The van der Waals surface area contributed by atoms with Crippen molar-refractivity contribution in [2.24, 2.45) is 0 Å². The number of anilines is 1. The summed E-state index contributed by atoms with van der Waals surface area (Å²) in [6.45, 7) is 7.16. The van der Waals surface area contributed by atoms with E-state index in [1.807, 2.05) is 6.92 Å². The summed E-state index contributed by atoms with van der Waals surface area (Å²) < 4.78 is 24.4. The van der Waals surface area contributed by atoms with Gasteiger partial charge in [-0.25, -0.2) is 9.18 Å². The van der Waals surface area contributed by atoms with Crippen molar-refractivity contribution in [3.63, 3.8) is 0 Å². The number of hydrogen-bond acceptors (Lipinski definition) is 7. The number of carbonyl (C=O) groups is 2. The van der Waals surface area contributed by atoms with Gasteiger partial charge < -0.3 is 20.1 Å². The predicted octanol–water partition coefficient (Wildman–Crippen LogP) is 4.74. The van der Waals surface area contributed by atoms with Crippen LogP contribution in [0, 0.1) is 5.82 Å². The molecule has 0 aliphatic carbocycles. The fraction of sp³-hybridized carbons (Fsp3) is 0.308. The number of esters is 1. The Balaban J connectivity index is 1.38. The highest BCUT2D eigenvalue weighted by molar-refractivity contribution is 7.16. The third-order valence-corrected chi connectivity index (χ3v) is 7.39. The number of ether oxygens (including phenoxy) is 2. The van der Waals surface area contributed by atoms with Gasteiger partial charge >= 0.3 is 5.97 Å². The van der Waals surface area contributed by atoms with Crippen LogP contribution < -0.4 is 20.1 Å². The minimum Gasteiger partial charge on any atom is -0.490 e. The average Bonchev–Trinajstić information content (AvgIpc) is 3.23. The molecule has 0 bridgehead atoms. The van der Waals surface area contributed by atoms with Gasteiger partial charge in [-0.05, 0) is 67.4 Å². The number of thiophene rings is 1. The van der Waals surface area contributed by atoms with E-state index in [9.17, 15) is 14.0 Å². The fourth-order valence-corrected chi connectivity index (χ4v) is 5.72. The zero-order valence-corrected chi connectivity index (χ0v) is 20.3. The first-order valence-corrected chi connectivity index (χ1v) is 12.5. The van der Waals surface area contributed by atoms with Gasteiger partial charge in [0.05, 0.1) is 17.7 Å². The number of amides is 1. The summed E-state index contributed by atoms with van der Waals surface area (Å²) in [5.41, 5.74) is 2.91. The largest absolute Gasteiger partial charge is 0.490 e. The summed E-state index contributed by atoms with van der Waals surface area (Å²) in [5, 5.41) is 7.40.